The number of nitrogens with zero attached hydrogens (tertiary/aromatic N) is 1. The molecule has 0 radical (unpaired) electrons. The number of amides is 1. The number of anilines is 1. The molecule has 1 amide bonds. The van der Waals surface area contributed by atoms with Gasteiger partial charge in [0.05, 0.1) is 23.5 Å². The summed E-state index contributed by atoms with van der Waals surface area (Å²) in [4.78, 5) is 45.8. The van der Waals surface area contributed by atoms with E-state index < -0.39 is 23.4 Å². The van der Waals surface area contributed by atoms with Crippen molar-refractivity contribution < 1.29 is 19.1 Å². The number of rotatable bonds is 5. The van der Waals surface area contributed by atoms with E-state index in [-0.39, 0.29) is 17.5 Å². The fourth-order valence-electron chi connectivity index (χ4n) is 6.94. The zero-order valence-corrected chi connectivity index (χ0v) is 23.7. The van der Waals surface area contributed by atoms with E-state index in [9.17, 15) is 14.4 Å². The zero-order chi connectivity index (χ0) is 28.3. The van der Waals surface area contributed by atoms with Crippen LogP contribution in [0, 0.1) is 5.92 Å². The molecular weight excluding hydrogens is 580 g/mol. The molecule has 0 bridgehead atoms. The minimum atomic E-state index is -1.35. The molecule has 7 rings (SSSR count). The SMILES string of the molecule is COc1ccc(C(=O)[C@@H]2[C@@H](C(=O)c3ccccc3)[C@]3(C(=O)Nc4ccccc43)[C@H]3c4ccccc4C=CN23)cc1Br. The van der Waals surface area contributed by atoms with Gasteiger partial charge in [0.25, 0.3) is 0 Å². The van der Waals surface area contributed by atoms with Gasteiger partial charge in [0.15, 0.2) is 11.6 Å². The molecular formula is C34H25BrN2O4. The van der Waals surface area contributed by atoms with E-state index in [4.69, 9.17) is 4.74 Å². The first-order chi connectivity index (χ1) is 20.0. The van der Waals surface area contributed by atoms with Crippen molar-refractivity contribution in [1.29, 1.82) is 0 Å². The molecule has 3 heterocycles. The molecule has 1 fully saturated rings. The van der Waals surface area contributed by atoms with Crippen molar-refractivity contribution in [3.05, 3.63) is 136 Å². The summed E-state index contributed by atoms with van der Waals surface area (Å²) in [6.07, 6.45) is 3.83. The lowest BCUT2D eigenvalue weighted by Gasteiger charge is -2.38. The van der Waals surface area contributed by atoms with Gasteiger partial charge in [0.2, 0.25) is 5.91 Å². The number of ketones is 2. The van der Waals surface area contributed by atoms with Crippen LogP contribution < -0.4 is 10.1 Å². The number of carbonyl (C=O) groups is 3. The summed E-state index contributed by atoms with van der Waals surface area (Å²) >= 11 is 3.51. The second-order valence-corrected chi connectivity index (χ2v) is 11.4. The van der Waals surface area contributed by atoms with Crippen LogP contribution in [0.3, 0.4) is 0 Å². The third-order valence-electron chi connectivity index (χ3n) is 8.62. The highest BCUT2D eigenvalue weighted by molar-refractivity contribution is 9.10. The molecule has 4 atom stereocenters. The Labute approximate surface area is 245 Å². The lowest BCUT2D eigenvalue weighted by Crippen LogP contribution is -2.49. The predicted octanol–water partition coefficient (Wildman–Crippen LogP) is 6.44. The number of hydrogen-bond donors (Lipinski definition) is 1. The van der Waals surface area contributed by atoms with Crippen LogP contribution in [0.2, 0.25) is 0 Å². The number of nitrogens with one attached hydrogen (secondary N) is 1. The van der Waals surface area contributed by atoms with Gasteiger partial charge >= 0.3 is 0 Å². The number of halogens is 1. The molecule has 4 aromatic rings. The number of ether oxygens (including phenoxy) is 1. The first-order valence-corrected chi connectivity index (χ1v) is 14.2. The van der Waals surface area contributed by atoms with Crippen molar-refractivity contribution in [3.63, 3.8) is 0 Å². The van der Waals surface area contributed by atoms with E-state index in [1.165, 1.54) is 0 Å². The van der Waals surface area contributed by atoms with Crippen LogP contribution in [0.1, 0.15) is 43.4 Å². The Morgan fingerprint density at radius 2 is 1.61 bits per heavy atom. The number of carbonyl (C=O) groups excluding carboxylic acids is 3. The molecule has 1 spiro atoms. The van der Waals surface area contributed by atoms with Crippen molar-refractivity contribution in [1.82, 2.24) is 4.90 Å². The van der Waals surface area contributed by atoms with Crippen LogP contribution in [-0.2, 0) is 10.2 Å². The number of para-hydroxylation sites is 1. The summed E-state index contributed by atoms with van der Waals surface area (Å²) < 4.78 is 6.02. The summed E-state index contributed by atoms with van der Waals surface area (Å²) in [6.45, 7) is 0. The summed E-state index contributed by atoms with van der Waals surface area (Å²) in [7, 11) is 1.56. The number of hydrogen-bond acceptors (Lipinski definition) is 5. The van der Waals surface area contributed by atoms with Gasteiger partial charge in [-0.15, -0.1) is 0 Å². The van der Waals surface area contributed by atoms with Crippen molar-refractivity contribution in [2.45, 2.75) is 17.5 Å². The lowest BCUT2D eigenvalue weighted by molar-refractivity contribution is -0.122. The normalized spacial score (nSPS) is 23.5. The van der Waals surface area contributed by atoms with E-state index in [0.29, 0.717) is 27.0 Å². The second kappa shape index (κ2) is 9.56. The molecule has 4 aromatic carbocycles. The molecule has 3 aliphatic heterocycles. The molecule has 0 aromatic heterocycles. The average molecular weight is 605 g/mol. The first kappa shape index (κ1) is 25.5. The Hall–Kier alpha value is -4.49. The second-order valence-electron chi connectivity index (χ2n) is 10.5. The van der Waals surface area contributed by atoms with Crippen LogP contribution in [-0.4, -0.2) is 35.5 Å². The van der Waals surface area contributed by atoms with Gasteiger partial charge in [-0.25, -0.2) is 0 Å². The van der Waals surface area contributed by atoms with E-state index in [1.807, 2.05) is 71.8 Å². The highest BCUT2D eigenvalue weighted by Crippen LogP contribution is 2.62. The molecule has 202 valence electrons. The van der Waals surface area contributed by atoms with Crippen LogP contribution in [0.4, 0.5) is 5.69 Å². The van der Waals surface area contributed by atoms with Gasteiger partial charge in [-0.1, -0.05) is 72.8 Å². The molecule has 3 aliphatic rings. The van der Waals surface area contributed by atoms with Gasteiger partial charge in [0, 0.05) is 23.0 Å². The molecule has 6 nitrogen and oxygen atoms in total. The Bertz CT molecular complexity index is 1770. The number of fused-ring (bicyclic) bond motifs is 6. The zero-order valence-electron chi connectivity index (χ0n) is 22.1. The Kier molecular flexibility index (Phi) is 5.94. The monoisotopic (exact) mass is 604 g/mol. The predicted molar refractivity (Wildman–Crippen MR) is 160 cm³/mol. The van der Waals surface area contributed by atoms with Crippen LogP contribution in [0.15, 0.2) is 108 Å². The van der Waals surface area contributed by atoms with Gasteiger partial charge in [-0.3, -0.25) is 14.4 Å². The molecule has 41 heavy (non-hydrogen) atoms. The summed E-state index contributed by atoms with van der Waals surface area (Å²) in [6, 6.07) is 28.0. The van der Waals surface area contributed by atoms with E-state index >= 15 is 0 Å². The van der Waals surface area contributed by atoms with Gasteiger partial charge in [-0.05, 0) is 63.0 Å². The third kappa shape index (κ3) is 3.58. The Morgan fingerprint density at radius 3 is 2.39 bits per heavy atom. The van der Waals surface area contributed by atoms with Crippen LogP contribution >= 0.6 is 15.9 Å². The third-order valence-corrected chi connectivity index (χ3v) is 9.24. The first-order valence-electron chi connectivity index (χ1n) is 13.4. The van der Waals surface area contributed by atoms with Gasteiger partial charge in [-0.2, -0.15) is 0 Å². The molecule has 1 saturated heterocycles. The smallest absolute Gasteiger partial charge is 0.238 e. The highest BCUT2D eigenvalue weighted by Gasteiger charge is 2.70. The Morgan fingerprint density at radius 1 is 0.878 bits per heavy atom. The maximum atomic E-state index is 14.7. The minimum absolute atomic E-state index is 0.245. The Balaban J connectivity index is 1.52. The summed E-state index contributed by atoms with van der Waals surface area (Å²) in [5, 5.41) is 3.08. The maximum Gasteiger partial charge on any atom is 0.238 e. The van der Waals surface area contributed by atoms with Crippen molar-refractivity contribution in [2.75, 3.05) is 12.4 Å². The molecule has 7 heteroatoms. The molecule has 0 saturated carbocycles. The standard InChI is InChI=1S/C34H25BrN2O4/c1-41-27-16-15-22(19-25(27)35)31(39)29-28(30(38)21-10-3-2-4-11-21)34(24-13-7-8-14-26(24)36-33(34)40)32-23-12-6-5-9-20(23)17-18-37(29)32/h2-19,28-29,32H,1H3,(H,36,40)/t28-,29-,32+,34-/m0/s1. The molecule has 0 unspecified atom stereocenters. The minimum Gasteiger partial charge on any atom is -0.496 e. The lowest BCUT2D eigenvalue weighted by atomic mass is 9.62. The van der Waals surface area contributed by atoms with E-state index in [0.717, 1.165) is 16.7 Å². The van der Waals surface area contributed by atoms with Gasteiger partial charge in [0.1, 0.15) is 17.2 Å². The van der Waals surface area contributed by atoms with E-state index in [1.54, 1.807) is 49.6 Å². The average Bonchev–Trinajstić information content (AvgIpc) is 3.49. The van der Waals surface area contributed by atoms with Crippen molar-refractivity contribution >= 4 is 45.2 Å². The van der Waals surface area contributed by atoms with Crippen LogP contribution in [0.5, 0.6) is 5.75 Å². The fourth-order valence-corrected chi connectivity index (χ4v) is 7.48. The number of benzene rings is 4. The number of Topliss-reactive ketones (excluding diaryl/α,β-unsaturated/α-hetero) is 2. The van der Waals surface area contributed by atoms with E-state index in [2.05, 4.69) is 21.2 Å². The largest absolute Gasteiger partial charge is 0.496 e. The summed E-state index contributed by atoms with van der Waals surface area (Å²) in [5.41, 5.74) is 2.77. The maximum absolute atomic E-state index is 14.7. The highest BCUT2D eigenvalue weighted by atomic mass is 79.9. The quantitative estimate of drug-likeness (QED) is 0.265. The van der Waals surface area contributed by atoms with Crippen LogP contribution in [0.25, 0.3) is 6.08 Å². The fraction of sp³-hybridized carbons (Fsp3) is 0.147. The van der Waals surface area contributed by atoms with Crippen molar-refractivity contribution in [3.8, 4) is 5.75 Å². The molecule has 1 N–H and O–H groups in total. The van der Waals surface area contributed by atoms with Crippen molar-refractivity contribution in [2.24, 2.45) is 5.92 Å². The summed E-state index contributed by atoms with van der Waals surface area (Å²) in [5.74, 6) is -1.19. The topological polar surface area (TPSA) is 75.7 Å². The number of methoxy groups -OCH3 is 1. The van der Waals surface area contributed by atoms with Gasteiger partial charge < -0.3 is 15.0 Å². The molecule has 0 aliphatic carbocycles.